The van der Waals surface area contributed by atoms with Crippen molar-refractivity contribution < 1.29 is 9.59 Å². The van der Waals surface area contributed by atoms with Gasteiger partial charge in [0, 0.05) is 11.3 Å². The lowest BCUT2D eigenvalue weighted by Crippen LogP contribution is -2.39. The molecular weight excluding hydrogens is 419 g/mol. The number of ketones is 1. The summed E-state index contributed by atoms with van der Waals surface area (Å²) in [5.41, 5.74) is 12.6. The minimum atomic E-state index is -0.762. The average molecular weight is 435 g/mol. The molecule has 0 saturated heterocycles. The third-order valence-corrected chi connectivity index (χ3v) is 5.88. The van der Waals surface area contributed by atoms with Crippen LogP contribution in [0.2, 0.25) is 10.0 Å². The predicted molar refractivity (Wildman–Crippen MR) is 114 cm³/mol. The minimum absolute atomic E-state index is 0.0792. The number of rotatable bonds is 6. The second kappa shape index (κ2) is 8.18. The van der Waals surface area contributed by atoms with Gasteiger partial charge in [0.25, 0.3) is 0 Å². The molecule has 0 aliphatic heterocycles. The Morgan fingerprint density at radius 1 is 1.11 bits per heavy atom. The molecule has 1 heterocycles. The Bertz CT molecular complexity index is 1040. The van der Waals surface area contributed by atoms with E-state index in [9.17, 15) is 9.59 Å². The second-order valence-corrected chi connectivity index (χ2v) is 7.74. The minimum Gasteiger partial charge on any atom is -0.382 e. The van der Waals surface area contributed by atoms with E-state index in [0.717, 1.165) is 11.3 Å². The van der Waals surface area contributed by atoms with Gasteiger partial charge in [-0.25, -0.2) is 4.98 Å². The van der Waals surface area contributed by atoms with Crippen LogP contribution in [0.4, 0.5) is 16.6 Å². The molecule has 1 atom stereocenters. The number of halogens is 2. The second-order valence-electron chi connectivity index (χ2n) is 5.95. The molecule has 0 saturated carbocycles. The molecule has 0 spiro atoms. The van der Waals surface area contributed by atoms with Crippen LogP contribution in [0.1, 0.15) is 22.2 Å². The summed E-state index contributed by atoms with van der Waals surface area (Å²) in [6.07, 6.45) is 0. The monoisotopic (exact) mass is 434 g/mol. The number of thiazole rings is 1. The smallest absolute Gasteiger partial charge is 0.240 e. The molecule has 28 heavy (non-hydrogen) atoms. The molecule has 2 aromatic carbocycles. The Labute approximate surface area is 175 Å². The van der Waals surface area contributed by atoms with Gasteiger partial charge in [0.1, 0.15) is 16.7 Å². The van der Waals surface area contributed by atoms with E-state index in [2.05, 4.69) is 4.98 Å². The van der Waals surface area contributed by atoms with Crippen molar-refractivity contribution in [3.05, 3.63) is 69.0 Å². The van der Waals surface area contributed by atoms with Crippen LogP contribution in [-0.2, 0) is 4.79 Å². The fourth-order valence-corrected chi connectivity index (χ4v) is 3.91. The van der Waals surface area contributed by atoms with Crippen LogP contribution in [0, 0.1) is 0 Å². The van der Waals surface area contributed by atoms with Crippen LogP contribution < -0.4 is 16.4 Å². The first kappa shape index (κ1) is 20.1. The van der Waals surface area contributed by atoms with Crippen molar-refractivity contribution >= 4 is 62.9 Å². The molecule has 4 N–H and O–H groups in total. The van der Waals surface area contributed by atoms with Crippen LogP contribution in [0.3, 0.4) is 0 Å². The Morgan fingerprint density at radius 3 is 2.39 bits per heavy atom. The normalized spacial score (nSPS) is 11.8. The van der Waals surface area contributed by atoms with E-state index < -0.39 is 11.9 Å². The van der Waals surface area contributed by atoms with Gasteiger partial charge in [-0.05, 0) is 25.1 Å². The van der Waals surface area contributed by atoms with Crippen LogP contribution in [0.5, 0.6) is 0 Å². The number of amides is 1. The number of nitrogens with zero attached hydrogens (tertiary/aromatic N) is 2. The number of anilines is 3. The van der Waals surface area contributed by atoms with E-state index in [4.69, 9.17) is 34.7 Å². The number of nitrogens with two attached hydrogens (primary N) is 2. The van der Waals surface area contributed by atoms with Crippen molar-refractivity contribution in [1.29, 1.82) is 0 Å². The fraction of sp³-hybridized carbons (Fsp3) is 0.105. The number of carbonyl (C=O) groups is 2. The number of benzene rings is 2. The topological polar surface area (TPSA) is 102 Å². The average Bonchev–Trinajstić information content (AvgIpc) is 3.05. The van der Waals surface area contributed by atoms with Crippen LogP contribution >= 0.6 is 34.5 Å². The summed E-state index contributed by atoms with van der Waals surface area (Å²) in [6.45, 7) is 1.63. The first-order chi connectivity index (χ1) is 13.3. The van der Waals surface area contributed by atoms with Gasteiger partial charge in [-0.3, -0.25) is 9.59 Å². The van der Waals surface area contributed by atoms with E-state index in [1.165, 1.54) is 0 Å². The quantitative estimate of drug-likeness (QED) is 0.563. The number of hydrogen-bond acceptors (Lipinski definition) is 6. The molecule has 0 radical (unpaired) electrons. The molecule has 1 aromatic heterocycles. The first-order valence-electron chi connectivity index (χ1n) is 8.19. The summed E-state index contributed by atoms with van der Waals surface area (Å²) < 4.78 is 0. The highest BCUT2D eigenvalue weighted by molar-refractivity contribution is 7.18. The van der Waals surface area contributed by atoms with Crippen molar-refractivity contribution in [1.82, 2.24) is 4.98 Å². The van der Waals surface area contributed by atoms with Crippen LogP contribution in [0.15, 0.2) is 48.5 Å². The summed E-state index contributed by atoms with van der Waals surface area (Å²) in [5, 5.41) is 1.03. The molecule has 3 aromatic rings. The zero-order valence-electron chi connectivity index (χ0n) is 14.7. The molecule has 9 heteroatoms. The maximum Gasteiger partial charge on any atom is 0.240 e. The Hall–Kier alpha value is -2.61. The van der Waals surface area contributed by atoms with Gasteiger partial charge in [-0.15, -0.1) is 0 Å². The van der Waals surface area contributed by atoms with E-state index in [1.807, 2.05) is 6.07 Å². The van der Waals surface area contributed by atoms with Gasteiger partial charge >= 0.3 is 0 Å². The van der Waals surface area contributed by atoms with Crippen molar-refractivity contribution in [3.8, 4) is 0 Å². The first-order valence-corrected chi connectivity index (χ1v) is 9.76. The molecular formula is C19H16Cl2N4O2S. The van der Waals surface area contributed by atoms with Gasteiger partial charge in [0.2, 0.25) is 11.7 Å². The number of hydrogen-bond donors (Lipinski definition) is 2. The van der Waals surface area contributed by atoms with Crippen molar-refractivity contribution in [2.24, 2.45) is 5.73 Å². The van der Waals surface area contributed by atoms with E-state index >= 15 is 0 Å². The summed E-state index contributed by atoms with van der Waals surface area (Å²) in [7, 11) is 0. The van der Waals surface area contributed by atoms with Gasteiger partial charge < -0.3 is 16.4 Å². The highest BCUT2D eigenvalue weighted by atomic mass is 35.5. The molecule has 0 aliphatic carbocycles. The zero-order valence-corrected chi connectivity index (χ0v) is 17.1. The predicted octanol–water partition coefficient (Wildman–Crippen LogP) is 4.28. The Morgan fingerprint density at radius 2 is 1.79 bits per heavy atom. The van der Waals surface area contributed by atoms with Crippen LogP contribution in [-0.4, -0.2) is 22.7 Å². The molecule has 0 fully saturated rings. The highest BCUT2D eigenvalue weighted by Crippen LogP contribution is 2.37. The summed E-state index contributed by atoms with van der Waals surface area (Å²) >= 11 is 13.2. The third kappa shape index (κ3) is 3.96. The van der Waals surface area contributed by atoms with E-state index in [1.54, 1.807) is 54.3 Å². The largest absolute Gasteiger partial charge is 0.382 e. The number of primary amides is 1. The van der Waals surface area contributed by atoms with Crippen LogP contribution in [0.25, 0.3) is 0 Å². The standard InChI is InChI=1S/C19H16Cl2N4O2S/c1-10(18(23)27)25(12-7-8-13(20)14(21)9-12)19-24-17(22)16(28-19)15(26)11-5-3-2-4-6-11/h2-10H,22H2,1H3,(H2,23,27). The summed E-state index contributed by atoms with van der Waals surface area (Å²) in [4.78, 5) is 30.8. The SMILES string of the molecule is CC(C(N)=O)N(c1ccc(Cl)c(Cl)c1)c1nc(N)c(C(=O)c2ccccc2)s1. The number of nitrogen functional groups attached to an aromatic ring is 1. The number of carbonyl (C=O) groups excluding carboxylic acids is 2. The lowest BCUT2D eigenvalue weighted by molar-refractivity contribution is -0.118. The summed E-state index contributed by atoms with van der Waals surface area (Å²) in [5.74, 6) is -0.742. The molecule has 1 unspecified atom stereocenters. The van der Waals surface area contributed by atoms with E-state index in [0.29, 0.717) is 26.4 Å². The lowest BCUT2D eigenvalue weighted by Gasteiger charge is -2.27. The maximum absolute atomic E-state index is 12.8. The number of aromatic nitrogens is 1. The Kier molecular flexibility index (Phi) is 5.88. The van der Waals surface area contributed by atoms with Gasteiger partial charge in [0.05, 0.1) is 10.0 Å². The van der Waals surface area contributed by atoms with Gasteiger partial charge in [-0.2, -0.15) is 0 Å². The zero-order chi connectivity index (χ0) is 20.4. The van der Waals surface area contributed by atoms with Gasteiger partial charge in [-0.1, -0.05) is 64.9 Å². The van der Waals surface area contributed by atoms with E-state index in [-0.39, 0.29) is 16.5 Å². The van der Waals surface area contributed by atoms with Crippen molar-refractivity contribution in [2.45, 2.75) is 13.0 Å². The van der Waals surface area contributed by atoms with Crippen molar-refractivity contribution in [2.75, 3.05) is 10.6 Å². The molecule has 1 amide bonds. The molecule has 0 aliphatic rings. The maximum atomic E-state index is 12.8. The van der Waals surface area contributed by atoms with Gasteiger partial charge in [0.15, 0.2) is 5.13 Å². The third-order valence-electron chi connectivity index (χ3n) is 4.07. The lowest BCUT2D eigenvalue weighted by atomic mass is 10.1. The highest BCUT2D eigenvalue weighted by Gasteiger charge is 2.27. The Balaban J connectivity index is 2.07. The molecule has 3 rings (SSSR count). The van der Waals surface area contributed by atoms with Crippen molar-refractivity contribution in [3.63, 3.8) is 0 Å². The fourth-order valence-electron chi connectivity index (χ4n) is 2.57. The summed E-state index contributed by atoms with van der Waals surface area (Å²) in [6, 6.07) is 12.9. The molecule has 144 valence electrons. The molecule has 0 bridgehead atoms. The molecule has 6 nitrogen and oxygen atoms in total.